The minimum absolute atomic E-state index is 0.0398. The fourth-order valence-electron chi connectivity index (χ4n) is 6.58. The minimum Gasteiger partial charge on any atom is -0.481 e. The number of hydrogen-bond acceptors (Lipinski definition) is 5. The van der Waals surface area contributed by atoms with Crippen molar-refractivity contribution in [2.75, 3.05) is 19.0 Å². The van der Waals surface area contributed by atoms with Gasteiger partial charge in [0.2, 0.25) is 0 Å². The van der Waals surface area contributed by atoms with E-state index >= 15 is 0 Å². The van der Waals surface area contributed by atoms with Gasteiger partial charge in [-0.3, -0.25) is 14.4 Å². The van der Waals surface area contributed by atoms with Gasteiger partial charge in [0.25, 0.3) is 5.91 Å². The highest BCUT2D eigenvalue weighted by molar-refractivity contribution is 6.37. The van der Waals surface area contributed by atoms with Crippen molar-refractivity contribution in [3.8, 4) is 5.75 Å². The highest BCUT2D eigenvalue weighted by Crippen LogP contribution is 2.54. The van der Waals surface area contributed by atoms with Crippen LogP contribution in [-0.4, -0.2) is 36.0 Å². The molecule has 0 aromatic heterocycles. The maximum absolute atomic E-state index is 13.7. The molecule has 2 aromatic rings. The zero-order chi connectivity index (χ0) is 30.7. The standard InChI is InChI=1S/C34H38Cl2N2O4/c1-18-8-9-19(2)23(10-18)37-28(41)17-42-32-21(35)11-20(12-22(32)36)29-30-24(13-33(3,4)15-26(30)39)38(7)25-14-34(5,6)16-27(40)31(25)29/h8-12,29H,13-17H2,1-7H3,(H,37,41). The van der Waals surface area contributed by atoms with Crippen LogP contribution in [0.5, 0.6) is 5.75 Å². The molecule has 5 rings (SSSR count). The fourth-order valence-corrected chi connectivity index (χ4v) is 7.19. The van der Waals surface area contributed by atoms with Crippen molar-refractivity contribution in [2.24, 2.45) is 10.8 Å². The summed E-state index contributed by atoms with van der Waals surface area (Å²) >= 11 is 13.5. The van der Waals surface area contributed by atoms with Crippen LogP contribution in [0, 0.1) is 24.7 Å². The molecule has 222 valence electrons. The lowest BCUT2D eigenvalue weighted by molar-refractivity contribution is -0.120. The summed E-state index contributed by atoms with van der Waals surface area (Å²) in [6.45, 7) is 12.0. The van der Waals surface area contributed by atoms with Crippen LogP contribution in [0.15, 0.2) is 52.9 Å². The molecule has 2 aromatic carbocycles. The summed E-state index contributed by atoms with van der Waals surface area (Å²) < 4.78 is 5.80. The number of nitrogens with zero attached hydrogens (tertiary/aromatic N) is 1. The molecule has 2 aliphatic carbocycles. The third-order valence-electron chi connectivity index (χ3n) is 8.55. The Morgan fingerprint density at radius 2 is 1.43 bits per heavy atom. The van der Waals surface area contributed by atoms with Crippen LogP contribution >= 0.6 is 23.2 Å². The maximum Gasteiger partial charge on any atom is 0.262 e. The second-order valence-corrected chi connectivity index (χ2v) is 14.4. The van der Waals surface area contributed by atoms with Gasteiger partial charge in [0.05, 0.1) is 10.0 Å². The zero-order valence-corrected chi connectivity index (χ0v) is 26.8. The van der Waals surface area contributed by atoms with Crippen molar-refractivity contribution >= 4 is 46.4 Å². The third kappa shape index (κ3) is 5.76. The van der Waals surface area contributed by atoms with Gasteiger partial charge in [0.1, 0.15) is 0 Å². The van der Waals surface area contributed by atoms with Crippen LogP contribution in [0.25, 0.3) is 0 Å². The van der Waals surface area contributed by atoms with Gasteiger partial charge in [0, 0.05) is 54.0 Å². The first-order valence-corrected chi connectivity index (χ1v) is 15.1. The van der Waals surface area contributed by atoms with Gasteiger partial charge < -0.3 is 15.0 Å². The Balaban J connectivity index is 1.50. The molecule has 6 nitrogen and oxygen atoms in total. The van der Waals surface area contributed by atoms with Crippen molar-refractivity contribution in [1.82, 2.24) is 4.90 Å². The highest BCUT2D eigenvalue weighted by Gasteiger charge is 2.48. The van der Waals surface area contributed by atoms with Gasteiger partial charge >= 0.3 is 0 Å². The third-order valence-corrected chi connectivity index (χ3v) is 9.11. The van der Waals surface area contributed by atoms with Crippen molar-refractivity contribution < 1.29 is 19.1 Å². The second kappa shape index (κ2) is 10.9. The Kier molecular flexibility index (Phi) is 7.86. The lowest BCUT2D eigenvalue weighted by Gasteiger charge is -2.48. The molecule has 0 saturated heterocycles. The first-order valence-electron chi connectivity index (χ1n) is 14.3. The molecule has 3 aliphatic rings. The van der Waals surface area contributed by atoms with E-state index in [9.17, 15) is 14.4 Å². The lowest BCUT2D eigenvalue weighted by Crippen LogP contribution is -2.43. The number of amides is 1. The predicted molar refractivity (Wildman–Crippen MR) is 167 cm³/mol. The van der Waals surface area contributed by atoms with Crippen molar-refractivity contribution in [2.45, 2.75) is 73.1 Å². The smallest absolute Gasteiger partial charge is 0.262 e. The van der Waals surface area contributed by atoms with Crippen LogP contribution in [0.2, 0.25) is 10.0 Å². The molecular formula is C34H38Cl2N2O4. The van der Waals surface area contributed by atoms with E-state index in [1.54, 1.807) is 12.1 Å². The van der Waals surface area contributed by atoms with Gasteiger partial charge in [-0.15, -0.1) is 0 Å². The zero-order valence-electron chi connectivity index (χ0n) is 25.3. The number of allylic oxidation sites excluding steroid dienone is 4. The summed E-state index contributed by atoms with van der Waals surface area (Å²) in [7, 11) is 1.98. The van der Waals surface area contributed by atoms with Crippen LogP contribution in [0.3, 0.4) is 0 Å². The number of ether oxygens (including phenoxy) is 1. The van der Waals surface area contributed by atoms with E-state index in [4.69, 9.17) is 27.9 Å². The molecule has 0 spiro atoms. The van der Waals surface area contributed by atoms with E-state index in [1.807, 2.05) is 39.1 Å². The van der Waals surface area contributed by atoms with E-state index in [2.05, 4.69) is 37.9 Å². The van der Waals surface area contributed by atoms with E-state index < -0.39 is 5.92 Å². The topological polar surface area (TPSA) is 75.7 Å². The molecule has 0 fully saturated rings. The van der Waals surface area contributed by atoms with Crippen molar-refractivity contribution in [3.63, 3.8) is 0 Å². The summed E-state index contributed by atoms with van der Waals surface area (Å²) in [5.41, 5.74) is 6.20. The monoisotopic (exact) mass is 608 g/mol. The molecule has 42 heavy (non-hydrogen) atoms. The lowest BCUT2D eigenvalue weighted by atomic mass is 9.64. The Bertz CT molecular complexity index is 1510. The minimum atomic E-state index is -0.560. The number of carbonyl (C=O) groups excluding carboxylic acids is 3. The predicted octanol–water partition coefficient (Wildman–Crippen LogP) is 7.94. The molecule has 0 bridgehead atoms. The molecule has 1 heterocycles. The molecule has 1 aliphatic heterocycles. The first-order chi connectivity index (χ1) is 19.6. The second-order valence-electron chi connectivity index (χ2n) is 13.6. The number of benzene rings is 2. The van der Waals surface area contributed by atoms with E-state index in [-0.39, 0.29) is 50.7 Å². The summed E-state index contributed by atoms with van der Waals surface area (Å²) in [5.74, 6) is -0.640. The Labute approximate surface area is 258 Å². The number of nitrogens with one attached hydrogen (secondary N) is 1. The van der Waals surface area contributed by atoms with Crippen molar-refractivity contribution in [3.05, 3.63) is 79.6 Å². The molecule has 0 radical (unpaired) electrons. The van der Waals surface area contributed by atoms with Crippen molar-refractivity contribution in [1.29, 1.82) is 0 Å². The Morgan fingerprint density at radius 1 is 0.905 bits per heavy atom. The summed E-state index contributed by atoms with van der Waals surface area (Å²) in [6.07, 6.45) is 2.25. The van der Waals surface area contributed by atoms with Crippen LogP contribution < -0.4 is 10.1 Å². The molecule has 1 amide bonds. The van der Waals surface area contributed by atoms with Crippen LogP contribution in [-0.2, 0) is 14.4 Å². The Hall–Kier alpha value is -3.09. The fraction of sp³-hybridized carbons (Fsp3) is 0.441. The summed E-state index contributed by atoms with van der Waals surface area (Å²) in [4.78, 5) is 42.3. The van der Waals surface area contributed by atoms with E-state index in [0.717, 1.165) is 35.4 Å². The number of ketones is 2. The largest absolute Gasteiger partial charge is 0.481 e. The summed E-state index contributed by atoms with van der Waals surface area (Å²) in [6, 6.07) is 9.26. The number of Topliss-reactive ketones (excluding diaryl/α,β-unsaturated/α-hetero) is 2. The number of carbonyl (C=O) groups is 3. The average molecular weight is 610 g/mol. The molecule has 0 unspecified atom stereocenters. The number of aryl methyl sites for hydroxylation is 2. The first kappa shape index (κ1) is 30.4. The number of rotatable bonds is 5. The van der Waals surface area contributed by atoms with Crippen LogP contribution in [0.4, 0.5) is 5.69 Å². The quantitative estimate of drug-likeness (QED) is 0.373. The maximum atomic E-state index is 13.7. The molecule has 1 N–H and O–H groups in total. The molecule has 0 saturated carbocycles. The number of halogens is 2. The number of anilines is 1. The SMILES string of the molecule is Cc1ccc(C)c(NC(=O)COc2c(Cl)cc(C3C4=C(CC(C)(C)CC4=O)N(C)C4=C3C(=O)CC(C)(C)C4)cc2Cl)c1. The van der Waals surface area contributed by atoms with E-state index in [1.165, 1.54) is 0 Å². The molecular weight excluding hydrogens is 571 g/mol. The van der Waals surface area contributed by atoms with E-state index in [0.29, 0.717) is 35.2 Å². The van der Waals surface area contributed by atoms with Gasteiger partial charge in [-0.05, 0) is 72.4 Å². The molecule has 0 atom stereocenters. The Morgan fingerprint density at radius 3 is 1.95 bits per heavy atom. The van der Waals surface area contributed by atoms with Gasteiger partial charge in [0.15, 0.2) is 23.9 Å². The average Bonchev–Trinajstić information content (AvgIpc) is 2.85. The van der Waals surface area contributed by atoms with Crippen LogP contribution in [0.1, 0.15) is 76.0 Å². The van der Waals surface area contributed by atoms with Gasteiger partial charge in [-0.25, -0.2) is 0 Å². The van der Waals surface area contributed by atoms with Gasteiger partial charge in [-0.2, -0.15) is 0 Å². The summed E-state index contributed by atoms with van der Waals surface area (Å²) in [5, 5.41) is 3.30. The molecule has 8 heteroatoms. The normalized spacial score (nSPS) is 20.0. The number of hydrogen-bond donors (Lipinski definition) is 1. The van der Waals surface area contributed by atoms with Gasteiger partial charge in [-0.1, -0.05) is 63.0 Å². The highest BCUT2D eigenvalue weighted by atomic mass is 35.5.